The van der Waals surface area contributed by atoms with Gasteiger partial charge in [0.1, 0.15) is 0 Å². The van der Waals surface area contributed by atoms with Gasteiger partial charge in [-0.2, -0.15) is 0 Å². The van der Waals surface area contributed by atoms with Crippen molar-refractivity contribution in [2.45, 2.75) is 19.3 Å². The fraction of sp³-hybridized carbons (Fsp3) is 1.00. The lowest BCUT2D eigenvalue weighted by atomic mass is 9.66. The molecule has 0 aromatic heterocycles. The lowest BCUT2D eigenvalue weighted by Gasteiger charge is -2.42. The third kappa shape index (κ3) is 0.807. The monoisotopic (exact) mass is 151 g/mol. The smallest absolute Gasteiger partial charge is 0.000958 e. The molecule has 0 aromatic rings. The van der Waals surface area contributed by atoms with Gasteiger partial charge in [0.2, 0.25) is 0 Å². The van der Waals surface area contributed by atoms with Crippen LogP contribution < -0.4 is 0 Å². The summed E-state index contributed by atoms with van der Waals surface area (Å²) in [5.41, 5.74) is 0. The van der Waals surface area contributed by atoms with Crippen molar-refractivity contribution in [2.75, 3.05) is 20.1 Å². The molecule has 4 atom stereocenters. The number of hydrogen-bond acceptors (Lipinski definition) is 1. The van der Waals surface area contributed by atoms with E-state index in [0.29, 0.717) is 0 Å². The topological polar surface area (TPSA) is 3.24 Å². The van der Waals surface area contributed by atoms with E-state index in [1.165, 1.54) is 19.0 Å². The minimum atomic E-state index is 1.07. The molecule has 0 N–H and O–H groups in total. The summed E-state index contributed by atoms with van der Waals surface area (Å²) in [7, 11) is 2.30. The van der Waals surface area contributed by atoms with Gasteiger partial charge in [-0.25, -0.2) is 0 Å². The van der Waals surface area contributed by atoms with Crippen molar-refractivity contribution in [3.63, 3.8) is 0 Å². The Morgan fingerprint density at radius 3 is 2.82 bits per heavy atom. The van der Waals surface area contributed by atoms with E-state index in [4.69, 9.17) is 0 Å². The van der Waals surface area contributed by atoms with Crippen LogP contribution in [0.25, 0.3) is 0 Å². The average molecular weight is 151 g/mol. The van der Waals surface area contributed by atoms with Crippen molar-refractivity contribution in [1.29, 1.82) is 0 Å². The molecule has 11 heavy (non-hydrogen) atoms. The van der Waals surface area contributed by atoms with Crippen LogP contribution in [0.3, 0.4) is 0 Å². The molecule has 0 spiro atoms. The molecule has 2 bridgehead atoms. The van der Waals surface area contributed by atoms with Gasteiger partial charge in [0.25, 0.3) is 0 Å². The second-order valence-corrected chi connectivity index (χ2v) is 4.98. The van der Waals surface area contributed by atoms with E-state index >= 15 is 0 Å². The Hall–Kier alpha value is -0.0400. The first-order chi connectivity index (χ1) is 5.33. The zero-order valence-electron chi connectivity index (χ0n) is 7.29. The van der Waals surface area contributed by atoms with Gasteiger partial charge in [-0.3, -0.25) is 0 Å². The number of likely N-dealkylation sites (tertiary alicyclic amines) is 1. The Labute approximate surface area is 68.8 Å². The van der Waals surface area contributed by atoms with Crippen molar-refractivity contribution in [1.82, 2.24) is 4.90 Å². The maximum atomic E-state index is 2.56. The summed E-state index contributed by atoms with van der Waals surface area (Å²) in [5, 5.41) is 0. The fourth-order valence-electron chi connectivity index (χ4n) is 3.77. The van der Waals surface area contributed by atoms with E-state index in [-0.39, 0.29) is 0 Å². The molecule has 4 unspecified atom stereocenters. The van der Waals surface area contributed by atoms with E-state index in [0.717, 1.165) is 17.8 Å². The minimum absolute atomic E-state index is 1.07. The molecular weight excluding hydrogens is 134 g/mol. The standard InChI is InChI=1S/C10H17N/c1-11-5-7-2-8-4-9(6-11)10(8)3-7/h7-10H,2-6H2,1H3. The molecule has 1 saturated heterocycles. The highest BCUT2D eigenvalue weighted by Gasteiger charge is 2.49. The third-order valence-corrected chi connectivity index (χ3v) is 4.17. The lowest BCUT2D eigenvalue weighted by molar-refractivity contribution is 0.0682. The molecule has 3 fully saturated rings. The Morgan fingerprint density at radius 1 is 1.00 bits per heavy atom. The predicted octanol–water partition coefficient (Wildman–Crippen LogP) is 1.59. The van der Waals surface area contributed by atoms with E-state index in [1.807, 2.05) is 0 Å². The van der Waals surface area contributed by atoms with Gasteiger partial charge < -0.3 is 4.90 Å². The number of hydrogen-bond donors (Lipinski definition) is 0. The van der Waals surface area contributed by atoms with E-state index in [9.17, 15) is 0 Å². The van der Waals surface area contributed by atoms with Crippen LogP contribution in [0.4, 0.5) is 0 Å². The van der Waals surface area contributed by atoms with Crippen molar-refractivity contribution < 1.29 is 0 Å². The average Bonchev–Trinajstić information content (AvgIpc) is 2.14. The highest BCUT2D eigenvalue weighted by atomic mass is 15.1. The third-order valence-electron chi connectivity index (χ3n) is 4.17. The van der Waals surface area contributed by atoms with E-state index < -0.39 is 0 Å². The Kier molecular flexibility index (Phi) is 1.18. The summed E-state index contributed by atoms with van der Waals surface area (Å²) in [4.78, 5) is 2.56. The van der Waals surface area contributed by atoms with Crippen molar-refractivity contribution in [3.05, 3.63) is 0 Å². The summed E-state index contributed by atoms with van der Waals surface area (Å²) in [6.07, 6.45) is 4.69. The fourth-order valence-corrected chi connectivity index (χ4v) is 3.77. The largest absolute Gasteiger partial charge is 0.306 e. The Balaban J connectivity index is 1.85. The Bertz CT molecular complexity index is 172. The molecule has 3 rings (SSSR count). The molecule has 1 aliphatic heterocycles. The Morgan fingerprint density at radius 2 is 1.91 bits per heavy atom. The van der Waals surface area contributed by atoms with Crippen LogP contribution in [0.1, 0.15) is 19.3 Å². The van der Waals surface area contributed by atoms with Gasteiger partial charge in [-0.05, 0) is 50.0 Å². The molecule has 0 radical (unpaired) electrons. The first-order valence-corrected chi connectivity index (χ1v) is 5.01. The quantitative estimate of drug-likeness (QED) is 0.508. The predicted molar refractivity (Wildman–Crippen MR) is 45.3 cm³/mol. The van der Waals surface area contributed by atoms with Crippen molar-refractivity contribution >= 4 is 0 Å². The highest BCUT2D eigenvalue weighted by molar-refractivity contribution is 5.00. The normalized spacial score (nSPS) is 55.4. The SMILES string of the molecule is CN1CC2CC3CC(C1)C3C2. The number of fused-ring (bicyclic) bond motifs is 1. The summed E-state index contributed by atoms with van der Waals surface area (Å²) in [5.74, 6) is 4.49. The maximum absolute atomic E-state index is 2.56. The van der Waals surface area contributed by atoms with Gasteiger partial charge in [0, 0.05) is 13.1 Å². The molecule has 1 heterocycles. The molecule has 2 aliphatic carbocycles. The van der Waals surface area contributed by atoms with Crippen molar-refractivity contribution in [3.8, 4) is 0 Å². The van der Waals surface area contributed by atoms with Crippen LogP contribution in [-0.4, -0.2) is 25.0 Å². The van der Waals surface area contributed by atoms with E-state index in [2.05, 4.69) is 11.9 Å². The summed E-state index contributed by atoms with van der Waals surface area (Å²) >= 11 is 0. The molecule has 3 aliphatic rings. The summed E-state index contributed by atoms with van der Waals surface area (Å²) in [6, 6.07) is 0. The van der Waals surface area contributed by atoms with Crippen LogP contribution >= 0.6 is 0 Å². The number of rotatable bonds is 0. The molecule has 62 valence electrons. The molecule has 2 saturated carbocycles. The number of nitrogens with zero attached hydrogens (tertiary/aromatic N) is 1. The van der Waals surface area contributed by atoms with Crippen molar-refractivity contribution in [2.24, 2.45) is 23.7 Å². The van der Waals surface area contributed by atoms with Crippen LogP contribution in [0, 0.1) is 23.7 Å². The van der Waals surface area contributed by atoms with E-state index in [1.54, 1.807) is 19.3 Å². The first kappa shape index (κ1) is 6.47. The van der Waals surface area contributed by atoms with Gasteiger partial charge in [-0.1, -0.05) is 0 Å². The zero-order valence-corrected chi connectivity index (χ0v) is 7.29. The van der Waals surface area contributed by atoms with Gasteiger partial charge >= 0.3 is 0 Å². The molecule has 0 aromatic carbocycles. The summed E-state index contributed by atoms with van der Waals surface area (Å²) in [6.45, 7) is 2.79. The van der Waals surface area contributed by atoms with Crippen LogP contribution in [0.15, 0.2) is 0 Å². The molecule has 1 heteroatoms. The lowest BCUT2D eigenvalue weighted by Crippen LogP contribution is -2.40. The zero-order chi connectivity index (χ0) is 7.42. The first-order valence-electron chi connectivity index (χ1n) is 5.01. The summed E-state index contributed by atoms with van der Waals surface area (Å²) < 4.78 is 0. The van der Waals surface area contributed by atoms with Crippen LogP contribution in [-0.2, 0) is 0 Å². The molecule has 1 nitrogen and oxygen atoms in total. The van der Waals surface area contributed by atoms with Crippen LogP contribution in [0.5, 0.6) is 0 Å². The van der Waals surface area contributed by atoms with Gasteiger partial charge in [-0.15, -0.1) is 0 Å². The minimum Gasteiger partial charge on any atom is -0.306 e. The molecular formula is C10H17N. The van der Waals surface area contributed by atoms with Crippen LogP contribution in [0.2, 0.25) is 0 Å². The highest BCUT2D eigenvalue weighted by Crippen LogP contribution is 2.55. The van der Waals surface area contributed by atoms with Gasteiger partial charge in [0.05, 0.1) is 0 Å². The second-order valence-electron chi connectivity index (χ2n) is 4.98. The van der Waals surface area contributed by atoms with Gasteiger partial charge in [0.15, 0.2) is 0 Å². The molecule has 0 amide bonds. The second kappa shape index (κ2) is 2.01. The maximum Gasteiger partial charge on any atom is 0.000958 e.